The van der Waals surface area contributed by atoms with Crippen molar-refractivity contribution < 1.29 is 22.4 Å². The van der Waals surface area contributed by atoms with Gasteiger partial charge < -0.3 is 10.6 Å². The summed E-state index contributed by atoms with van der Waals surface area (Å²) < 4.78 is 50.8. The maximum atomic E-state index is 13.1. The fraction of sp³-hybridized carbons (Fsp3) is 0.500. The molecule has 1 saturated heterocycles. The van der Waals surface area contributed by atoms with E-state index in [4.69, 9.17) is 0 Å². The van der Waals surface area contributed by atoms with Gasteiger partial charge in [-0.25, -0.2) is 4.39 Å². The predicted octanol–water partition coefficient (Wildman–Crippen LogP) is 3.74. The third-order valence-corrected chi connectivity index (χ3v) is 3.44. The van der Waals surface area contributed by atoms with Crippen molar-refractivity contribution in [1.82, 2.24) is 5.32 Å². The van der Waals surface area contributed by atoms with E-state index in [1.54, 1.807) is 0 Å². The first-order valence-electron chi connectivity index (χ1n) is 6.76. The molecular formula is C14H17ClF4N2O. The molecule has 2 N–H and O–H groups in total. The SMILES string of the molecule is Cl.O=C(CCC1CCCN1)Nc1ccc(F)c(C(F)(F)F)c1. The highest BCUT2D eigenvalue weighted by atomic mass is 35.5. The summed E-state index contributed by atoms with van der Waals surface area (Å²) in [7, 11) is 0. The Bertz CT molecular complexity index is 516. The molecule has 22 heavy (non-hydrogen) atoms. The number of carbonyl (C=O) groups is 1. The second kappa shape index (κ2) is 7.78. The van der Waals surface area contributed by atoms with Crippen LogP contribution in [0.25, 0.3) is 0 Å². The van der Waals surface area contributed by atoms with Crippen molar-refractivity contribution in [3.05, 3.63) is 29.6 Å². The number of halogens is 5. The first kappa shape index (κ1) is 18.7. The van der Waals surface area contributed by atoms with Crippen LogP contribution in [0, 0.1) is 5.82 Å². The molecule has 1 heterocycles. The normalized spacial score (nSPS) is 17.9. The number of anilines is 1. The number of nitrogens with one attached hydrogen (secondary N) is 2. The van der Waals surface area contributed by atoms with Crippen molar-refractivity contribution in [3.63, 3.8) is 0 Å². The van der Waals surface area contributed by atoms with E-state index in [1.165, 1.54) is 0 Å². The van der Waals surface area contributed by atoms with Crippen molar-refractivity contribution in [1.29, 1.82) is 0 Å². The molecule has 8 heteroatoms. The molecule has 1 aliphatic rings. The third kappa shape index (κ3) is 5.14. The molecule has 0 aromatic heterocycles. The Morgan fingerprint density at radius 3 is 2.68 bits per heavy atom. The average Bonchev–Trinajstić information content (AvgIpc) is 2.90. The van der Waals surface area contributed by atoms with Crippen molar-refractivity contribution in [2.24, 2.45) is 0 Å². The molecule has 0 bridgehead atoms. The van der Waals surface area contributed by atoms with E-state index in [0.717, 1.165) is 25.5 Å². The van der Waals surface area contributed by atoms with Crippen LogP contribution in [-0.2, 0) is 11.0 Å². The Kier molecular flexibility index (Phi) is 6.62. The lowest BCUT2D eigenvalue weighted by Crippen LogP contribution is -2.23. The molecule has 0 saturated carbocycles. The van der Waals surface area contributed by atoms with Crippen LogP contribution in [0.3, 0.4) is 0 Å². The first-order valence-corrected chi connectivity index (χ1v) is 6.76. The van der Waals surface area contributed by atoms with Gasteiger partial charge in [0.1, 0.15) is 5.82 Å². The molecule has 1 aromatic rings. The highest BCUT2D eigenvalue weighted by Crippen LogP contribution is 2.33. The molecule has 0 spiro atoms. The quantitative estimate of drug-likeness (QED) is 0.820. The van der Waals surface area contributed by atoms with Crippen LogP contribution in [0.5, 0.6) is 0 Å². The molecule has 0 aliphatic carbocycles. The zero-order valence-electron chi connectivity index (χ0n) is 11.7. The summed E-state index contributed by atoms with van der Waals surface area (Å²) in [5, 5.41) is 5.61. The Labute approximate surface area is 131 Å². The summed E-state index contributed by atoms with van der Waals surface area (Å²) in [5.41, 5.74) is -1.43. The molecule has 1 fully saturated rings. The van der Waals surface area contributed by atoms with Gasteiger partial charge in [-0.3, -0.25) is 4.79 Å². The molecule has 0 radical (unpaired) electrons. The summed E-state index contributed by atoms with van der Waals surface area (Å²) in [6, 6.07) is 2.73. The van der Waals surface area contributed by atoms with Gasteiger partial charge in [-0.2, -0.15) is 13.2 Å². The summed E-state index contributed by atoms with van der Waals surface area (Å²) in [5.74, 6) is -1.72. The van der Waals surface area contributed by atoms with E-state index in [1.807, 2.05) is 0 Å². The van der Waals surface area contributed by atoms with Crippen molar-refractivity contribution in [3.8, 4) is 0 Å². The van der Waals surface area contributed by atoms with Gasteiger partial charge in [0.05, 0.1) is 5.56 Å². The molecule has 1 aromatic carbocycles. The zero-order valence-corrected chi connectivity index (χ0v) is 12.5. The number of benzene rings is 1. The predicted molar refractivity (Wildman–Crippen MR) is 77.5 cm³/mol. The van der Waals surface area contributed by atoms with E-state index in [9.17, 15) is 22.4 Å². The second-order valence-electron chi connectivity index (χ2n) is 5.07. The minimum absolute atomic E-state index is 0. The van der Waals surface area contributed by atoms with Crippen molar-refractivity contribution in [2.75, 3.05) is 11.9 Å². The molecule has 3 nitrogen and oxygen atoms in total. The van der Waals surface area contributed by atoms with Gasteiger partial charge in [-0.1, -0.05) is 0 Å². The third-order valence-electron chi connectivity index (χ3n) is 3.44. The lowest BCUT2D eigenvalue weighted by molar-refractivity contribution is -0.140. The van der Waals surface area contributed by atoms with Gasteiger partial charge in [0.25, 0.3) is 0 Å². The van der Waals surface area contributed by atoms with Gasteiger partial charge in [0, 0.05) is 18.2 Å². The topological polar surface area (TPSA) is 41.1 Å². The Morgan fingerprint density at radius 1 is 1.36 bits per heavy atom. The standard InChI is InChI=1S/C14H16F4N2O.ClH/c15-12-5-3-10(8-11(12)14(16,17)18)20-13(21)6-4-9-2-1-7-19-9;/h3,5,8-9,19H,1-2,4,6-7H2,(H,20,21);1H. The van der Waals surface area contributed by atoms with Crippen LogP contribution in [0.15, 0.2) is 18.2 Å². The fourth-order valence-corrected chi connectivity index (χ4v) is 2.35. The molecule has 1 atom stereocenters. The van der Waals surface area contributed by atoms with Crippen molar-refractivity contribution in [2.45, 2.75) is 37.9 Å². The number of hydrogen-bond donors (Lipinski definition) is 2. The number of amides is 1. The maximum Gasteiger partial charge on any atom is 0.419 e. The number of carbonyl (C=O) groups excluding carboxylic acids is 1. The van der Waals surface area contributed by atoms with Crippen LogP contribution in [-0.4, -0.2) is 18.5 Å². The zero-order chi connectivity index (χ0) is 15.5. The fourth-order valence-electron chi connectivity index (χ4n) is 2.35. The molecule has 1 aliphatic heterocycles. The Balaban J connectivity index is 0.00000242. The summed E-state index contributed by atoms with van der Waals surface area (Å²) >= 11 is 0. The summed E-state index contributed by atoms with van der Waals surface area (Å²) in [6.07, 6.45) is -1.85. The van der Waals surface area contributed by atoms with Gasteiger partial charge in [-0.15, -0.1) is 12.4 Å². The second-order valence-corrected chi connectivity index (χ2v) is 5.07. The average molecular weight is 341 g/mol. The van der Waals surface area contributed by atoms with E-state index in [0.29, 0.717) is 18.6 Å². The monoisotopic (exact) mass is 340 g/mol. The maximum absolute atomic E-state index is 13.1. The van der Waals surface area contributed by atoms with Crippen LogP contribution in [0.4, 0.5) is 23.2 Å². The number of alkyl halides is 3. The lowest BCUT2D eigenvalue weighted by atomic mass is 10.1. The minimum atomic E-state index is -4.78. The molecule has 1 unspecified atom stereocenters. The number of rotatable bonds is 4. The summed E-state index contributed by atoms with van der Waals surface area (Å²) in [6.45, 7) is 0.930. The van der Waals surface area contributed by atoms with E-state index in [2.05, 4.69) is 10.6 Å². The summed E-state index contributed by atoms with van der Waals surface area (Å²) in [4.78, 5) is 11.7. The minimum Gasteiger partial charge on any atom is -0.326 e. The van der Waals surface area contributed by atoms with Crippen LogP contribution in [0.2, 0.25) is 0 Å². The molecule has 1 amide bonds. The smallest absolute Gasteiger partial charge is 0.326 e. The molecular weight excluding hydrogens is 324 g/mol. The van der Waals surface area contributed by atoms with Crippen molar-refractivity contribution >= 4 is 24.0 Å². The van der Waals surface area contributed by atoms with Crippen LogP contribution < -0.4 is 10.6 Å². The first-order chi connectivity index (χ1) is 9.86. The Morgan fingerprint density at radius 2 is 2.09 bits per heavy atom. The van der Waals surface area contributed by atoms with Crippen LogP contribution >= 0.6 is 12.4 Å². The number of hydrogen-bond acceptors (Lipinski definition) is 2. The van der Waals surface area contributed by atoms with E-state index < -0.39 is 17.6 Å². The van der Waals surface area contributed by atoms with Gasteiger partial charge in [0.15, 0.2) is 0 Å². The molecule has 2 rings (SSSR count). The van der Waals surface area contributed by atoms with E-state index >= 15 is 0 Å². The van der Waals surface area contributed by atoms with Crippen LogP contribution in [0.1, 0.15) is 31.2 Å². The van der Waals surface area contributed by atoms with Gasteiger partial charge in [-0.05, 0) is 44.0 Å². The largest absolute Gasteiger partial charge is 0.419 e. The Hall–Kier alpha value is -1.34. The van der Waals surface area contributed by atoms with Gasteiger partial charge in [0.2, 0.25) is 5.91 Å². The van der Waals surface area contributed by atoms with E-state index in [-0.39, 0.29) is 36.5 Å². The highest BCUT2D eigenvalue weighted by molar-refractivity contribution is 5.90. The lowest BCUT2D eigenvalue weighted by Gasteiger charge is -2.12. The van der Waals surface area contributed by atoms with Gasteiger partial charge >= 0.3 is 6.18 Å². The highest BCUT2D eigenvalue weighted by Gasteiger charge is 2.34. The molecule has 124 valence electrons.